The Labute approximate surface area is 106 Å². The van der Waals surface area contributed by atoms with E-state index in [9.17, 15) is 19.3 Å². The lowest BCUT2D eigenvalue weighted by atomic mass is 10.3. The SMILES string of the molecule is O=C(Oc1ccc([N+](=O)[O-])cc1)c1cccnc1F. The van der Waals surface area contributed by atoms with E-state index in [4.69, 9.17) is 4.74 Å². The van der Waals surface area contributed by atoms with Crippen molar-refractivity contribution in [2.45, 2.75) is 0 Å². The van der Waals surface area contributed by atoms with Gasteiger partial charge in [0.1, 0.15) is 11.3 Å². The molecule has 0 N–H and O–H groups in total. The maximum atomic E-state index is 13.2. The van der Waals surface area contributed by atoms with Crippen LogP contribution in [-0.4, -0.2) is 15.9 Å². The van der Waals surface area contributed by atoms with Gasteiger partial charge >= 0.3 is 5.97 Å². The third-order valence-corrected chi connectivity index (χ3v) is 2.24. The van der Waals surface area contributed by atoms with E-state index < -0.39 is 16.8 Å². The van der Waals surface area contributed by atoms with Crippen molar-refractivity contribution in [3.63, 3.8) is 0 Å². The Kier molecular flexibility index (Phi) is 3.46. The summed E-state index contributed by atoms with van der Waals surface area (Å²) >= 11 is 0. The predicted molar refractivity (Wildman–Crippen MR) is 62.2 cm³/mol. The van der Waals surface area contributed by atoms with Crippen LogP contribution in [0.3, 0.4) is 0 Å². The Morgan fingerprint density at radius 1 is 1.26 bits per heavy atom. The number of pyridine rings is 1. The van der Waals surface area contributed by atoms with Crippen LogP contribution >= 0.6 is 0 Å². The lowest BCUT2D eigenvalue weighted by molar-refractivity contribution is -0.384. The average molecular weight is 262 g/mol. The van der Waals surface area contributed by atoms with Crippen molar-refractivity contribution in [2.24, 2.45) is 0 Å². The highest BCUT2D eigenvalue weighted by molar-refractivity contribution is 5.90. The first kappa shape index (κ1) is 12.6. The van der Waals surface area contributed by atoms with E-state index in [2.05, 4.69) is 4.98 Å². The molecule has 7 heteroatoms. The zero-order chi connectivity index (χ0) is 13.8. The molecule has 0 bridgehead atoms. The molecule has 0 spiro atoms. The Morgan fingerprint density at radius 2 is 1.95 bits per heavy atom. The number of carbonyl (C=O) groups is 1. The number of carbonyl (C=O) groups excluding carboxylic acids is 1. The van der Waals surface area contributed by atoms with Gasteiger partial charge in [0.15, 0.2) is 0 Å². The molecule has 0 unspecified atom stereocenters. The predicted octanol–water partition coefficient (Wildman–Crippen LogP) is 2.35. The van der Waals surface area contributed by atoms with Crippen molar-refractivity contribution in [2.75, 3.05) is 0 Å². The molecule has 0 saturated carbocycles. The second-order valence-electron chi connectivity index (χ2n) is 3.48. The molecule has 0 amide bonds. The number of nitrogens with zero attached hydrogens (tertiary/aromatic N) is 2. The van der Waals surface area contributed by atoms with Gasteiger partial charge in [-0.1, -0.05) is 0 Å². The molecule has 0 aliphatic carbocycles. The van der Waals surface area contributed by atoms with Gasteiger partial charge in [-0.15, -0.1) is 0 Å². The molecule has 0 atom stereocenters. The third kappa shape index (κ3) is 2.89. The molecule has 0 aliphatic rings. The maximum Gasteiger partial charge on any atom is 0.348 e. The lowest BCUT2D eigenvalue weighted by Crippen LogP contribution is -2.11. The summed E-state index contributed by atoms with van der Waals surface area (Å²) in [6, 6.07) is 7.50. The zero-order valence-electron chi connectivity index (χ0n) is 9.45. The van der Waals surface area contributed by atoms with E-state index in [0.29, 0.717) is 0 Å². The number of non-ortho nitro benzene ring substituents is 1. The summed E-state index contributed by atoms with van der Waals surface area (Å²) in [6.45, 7) is 0. The van der Waals surface area contributed by atoms with Crippen LogP contribution in [0.25, 0.3) is 0 Å². The van der Waals surface area contributed by atoms with Gasteiger partial charge in [0.2, 0.25) is 5.95 Å². The molecule has 0 radical (unpaired) electrons. The number of benzene rings is 1. The summed E-state index contributed by atoms with van der Waals surface area (Å²) in [4.78, 5) is 24.8. The van der Waals surface area contributed by atoms with E-state index in [0.717, 1.165) is 0 Å². The van der Waals surface area contributed by atoms with Crippen molar-refractivity contribution < 1.29 is 18.8 Å². The maximum absolute atomic E-state index is 13.2. The van der Waals surface area contributed by atoms with Gasteiger partial charge in [-0.2, -0.15) is 4.39 Å². The number of ether oxygens (including phenoxy) is 1. The standard InChI is InChI=1S/C12H7FN2O4/c13-11-10(2-1-7-14-11)12(16)19-9-5-3-8(4-6-9)15(17)18/h1-7H. The van der Waals surface area contributed by atoms with E-state index in [1.165, 1.54) is 42.6 Å². The van der Waals surface area contributed by atoms with Crippen molar-refractivity contribution in [3.05, 3.63) is 64.2 Å². The second-order valence-corrected chi connectivity index (χ2v) is 3.48. The van der Waals surface area contributed by atoms with Crippen LogP contribution in [0.2, 0.25) is 0 Å². The van der Waals surface area contributed by atoms with Crippen LogP contribution in [0.1, 0.15) is 10.4 Å². The summed E-state index contributed by atoms with van der Waals surface area (Å²) in [5, 5.41) is 10.4. The Hall–Kier alpha value is -2.83. The fourth-order valence-corrected chi connectivity index (χ4v) is 1.34. The van der Waals surface area contributed by atoms with Crippen molar-refractivity contribution in [1.29, 1.82) is 0 Å². The summed E-state index contributed by atoms with van der Waals surface area (Å²) in [5.74, 6) is -1.77. The van der Waals surface area contributed by atoms with E-state index in [1.807, 2.05) is 0 Å². The fourth-order valence-electron chi connectivity index (χ4n) is 1.34. The Bertz CT molecular complexity index is 628. The second kappa shape index (κ2) is 5.21. The van der Waals surface area contributed by atoms with Gasteiger partial charge in [-0.3, -0.25) is 10.1 Å². The van der Waals surface area contributed by atoms with Crippen LogP contribution < -0.4 is 4.74 Å². The normalized spacial score (nSPS) is 9.95. The number of esters is 1. The minimum atomic E-state index is -0.936. The Balaban J connectivity index is 2.15. The topological polar surface area (TPSA) is 82.3 Å². The first-order valence-electron chi connectivity index (χ1n) is 5.15. The highest BCUT2D eigenvalue weighted by Crippen LogP contribution is 2.18. The summed E-state index contributed by atoms with van der Waals surface area (Å²) in [7, 11) is 0. The first-order valence-corrected chi connectivity index (χ1v) is 5.15. The molecule has 1 heterocycles. The number of aromatic nitrogens is 1. The number of hydrogen-bond donors (Lipinski definition) is 0. The number of nitro groups is 1. The van der Waals surface area contributed by atoms with Gasteiger partial charge in [0.25, 0.3) is 5.69 Å². The van der Waals surface area contributed by atoms with Crippen molar-refractivity contribution >= 4 is 11.7 Å². The quantitative estimate of drug-likeness (QED) is 0.279. The van der Waals surface area contributed by atoms with Crippen LogP contribution in [0.4, 0.5) is 10.1 Å². The number of hydrogen-bond acceptors (Lipinski definition) is 5. The van der Waals surface area contributed by atoms with Crippen LogP contribution in [0.15, 0.2) is 42.6 Å². The van der Waals surface area contributed by atoms with Gasteiger partial charge in [-0.05, 0) is 24.3 Å². The molecular formula is C12H7FN2O4. The smallest absolute Gasteiger partial charge is 0.348 e. The number of nitro benzene ring substituents is 1. The van der Waals surface area contributed by atoms with Gasteiger partial charge in [0, 0.05) is 18.3 Å². The molecule has 2 rings (SSSR count). The number of rotatable bonds is 3. The van der Waals surface area contributed by atoms with E-state index in [-0.39, 0.29) is 17.0 Å². The van der Waals surface area contributed by atoms with Crippen molar-refractivity contribution in [1.82, 2.24) is 4.98 Å². The zero-order valence-corrected chi connectivity index (χ0v) is 9.45. The van der Waals surface area contributed by atoms with Crippen LogP contribution in [0, 0.1) is 16.1 Å². The molecular weight excluding hydrogens is 255 g/mol. The average Bonchev–Trinajstić information content (AvgIpc) is 2.39. The van der Waals surface area contributed by atoms with Gasteiger partial charge in [0.05, 0.1) is 4.92 Å². The van der Waals surface area contributed by atoms with Crippen LogP contribution in [0.5, 0.6) is 5.75 Å². The highest BCUT2D eigenvalue weighted by Gasteiger charge is 2.15. The third-order valence-electron chi connectivity index (χ3n) is 2.24. The summed E-state index contributed by atoms with van der Waals surface area (Å²) in [5.41, 5.74) is -0.437. The molecule has 19 heavy (non-hydrogen) atoms. The van der Waals surface area contributed by atoms with Gasteiger partial charge < -0.3 is 4.74 Å². The van der Waals surface area contributed by atoms with E-state index in [1.54, 1.807) is 0 Å². The fraction of sp³-hybridized carbons (Fsp3) is 0. The van der Waals surface area contributed by atoms with Crippen molar-refractivity contribution in [3.8, 4) is 5.75 Å². The molecule has 2 aromatic rings. The molecule has 0 fully saturated rings. The van der Waals surface area contributed by atoms with E-state index >= 15 is 0 Å². The summed E-state index contributed by atoms with van der Waals surface area (Å²) < 4.78 is 18.1. The molecule has 1 aromatic heterocycles. The minimum absolute atomic E-state index is 0.0823. The molecule has 6 nitrogen and oxygen atoms in total. The molecule has 1 aromatic carbocycles. The largest absolute Gasteiger partial charge is 0.423 e. The molecule has 0 saturated heterocycles. The Morgan fingerprint density at radius 3 is 2.53 bits per heavy atom. The van der Waals surface area contributed by atoms with Crippen LogP contribution in [-0.2, 0) is 0 Å². The monoisotopic (exact) mass is 262 g/mol. The summed E-state index contributed by atoms with van der Waals surface area (Å²) in [6.07, 6.45) is 1.21. The van der Waals surface area contributed by atoms with Gasteiger partial charge in [-0.25, -0.2) is 9.78 Å². The minimum Gasteiger partial charge on any atom is -0.423 e. The molecule has 0 aliphatic heterocycles. The molecule has 96 valence electrons. The first-order chi connectivity index (χ1) is 9.08. The highest BCUT2D eigenvalue weighted by atomic mass is 19.1. The number of halogens is 1. The lowest BCUT2D eigenvalue weighted by Gasteiger charge is -2.04.